The molecule has 3 aromatic carbocycles. The maximum atomic E-state index is 14.9. The summed E-state index contributed by atoms with van der Waals surface area (Å²) < 4.78 is 80.1. The van der Waals surface area contributed by atoms with E-state index in [1.165, 1.54) is 43.5 Å². The number of ether oxygens (including phenoxy) is 4. The van der Waals surface area contributed by atoms with Crippen LogP contribution >= 0.6 is 0 Å². The fraction of sp³-hybridized carbons (Fsp3) is 0.366. The highest BCUT2D eigenvalue weighted by atomic mass is 19.4. The third kappa shape index (κ3) is 11.4. The van der Waals surface area contributed by atoms with Gasteiger partial charge >= 0.3 is 18.2 Å². The van der Waals surface area contributed by atoms with Crippen molar-refractivity contribution >= 4 is 18.0 Å². The fourth-order valence-electron chi connectivity index (χ4n) is 5.42. The first-order valence-electron chi connectivity index (χ1n) is 17.8. The third-order valence-electron chi connectivity index (χ3n) is 8.90. The zero-order valence-electron chi connectivity index (χ0n) is 31.7. The van der Waals surface area contributed by atoms with Gasteiger partial charge in [-0.15, -0.1) is 0 Å². The van der Waals surface area contributed by atoms with Crippen LogP contribution in [-0.4, -0.2) is 67.1 Å². The van der Waals surface area contributed by atoms with Crippen LogP contribution in [0, 0.1) is 5.82 Å². The van der Waals surface area contributed by atoms with E-state index in [0.29, 0.717) is 5.56 Å². The Bertz CT molecular complexity index is 1960. The standard InChI is InChI=1S/C41H45F4N3O8/c1-6-36(49)56-26(2)23-54-33-17-14-29(20-34(33)53-5)37(50)47-25-40(52,41(43,44)45)35-22-30(21-32(48-35)28-12-15-31(42)16-13-28)39(3,4)18-19-46-38(51)55-24-27-10-8-7-9-11-27/h7-17,20-22,26,52H,6,18-19,23-25H2,1-5H3,(H,46,51)(H,47,50)/t26-,40?/m1/s1. The topological polar surface area (TPSA) is 145 Å². The molecule has 0 bridgehead atoms. The molecule has 11 nitrogen and oxygen atoms in total. The Morgan fingerprint density at radius 3 is 2.25 bits per heavy atom. The summed E-state index contributed by atoms with van der Waals surface area (Å²) in [5, 5.41) is 16.3. The zero-order chi connectivity index (χ0) is 41.1. The number of rotatable bonds is 17. The molecule has 300 valence electrons. The van der Waals surface area contributed by atoms with Crippen molar-refractivity contribution in [2.75, 3.05) is 26.8 Å². The van der Waals surface area contributed by atoms with Gasteiger partial charge in [-0.3, -0.25) is 9.59 Å². The summed E-state index contributed by atoms with van der Waals surface area (Å²) in [6, 6.07) is 20.5. The minimum atomic E-state index is -5.34. The Hall–Kier alpha value is -5.70. The summed E-state index contributed by atoms with van der Waals surface area (Å²) in [6.45, 7) is 5.52. The number of carbonyl (C=O) groups is 3. The summed E-state index contributed by atoms with van der Waals surface area (Å²) in [5.41, 5.74) is -4.14. The van der Waals surface area contributed by atoms with Gasteiger partial charge < -0.3 is 34.7 Å². The van der Waals surface area contributed by atoms with E-state index in [2.05, 4.69) is 15.6 Å². The maximum Gasteiger partial charge on any atom is 0.424 e. The van der Waals surface area contributed by atoms with Crippen LogP contribution in [0.4, 0.5) is 22.4 Å². The summed E-state index contributed by atoms with van der Waals surface area (Å²) in [5.74, 6) is -1.69. The molecule has 0 saturated heterocycles. The normalized spacial score (nSPS) is 13.2. The highest BCUT2D eigenvalue weighted by Gasteiger charge is 2.56. The smallest absolute Gasteiger partial charge is 0.424 e. The van der Waals surface area contributed by atoms with E-state index in [1.54, 1.807) is 39.8 Å². The lowest BCUT2D eigenvalue weighted by Gasteiger charge is -2.33. The highest BCUT2D eigenvalue weighted by molar-refractivity contribution is 5.95. The number of amides is 2. The molecule has 3 N–H and O–H groups in total. The number of esters is 1. The van der Waals surface area contributed by atoms with E-state index >= 15 is 0 Å². The molecule has 1 aromatic heterocycles. The van der Waals surface area contributed by atoms with Crippen LogP contribution in [0.2, 0.25) is 0 Å². The predicted octanol–water partition coefficient (Wildman–Crippen LogP) is 7.39. The molecular formula is C41H45F4N3O8. The van der Waals surface area contributed by atoms with E-state index in [9.17, 15) is 37.1 Å². The first-order chi connectivity index (χ1) is 26.4. The Morgan fingerprint density at radius 2 is 1.61 bits per heavy atom. The summed E-state index contributed by atoms with van der Waals surface area (Å²) in [6.07, 6.45) is -6.21. The number of alkyl halides is 3. The second-order valence-corrected chi connectivity index (χ2v) is 13.6. The molecule has 0 aliphatic rings. The molecule has 0 aliphatic heterocycles. The summed E-state index contributed by atoms with van der Waals surface area (Å²) in [4.78, 5) is 41.4. The van der Waals surface area contributed by atoms with Crippen molar-refractivity contribution in [3.05, 3.63) is 113 Å². The number of benzene rings is 3. The summed E-state index contributed by atoms with van der Waals surface area (Å²) >= 11 is 0. The molecule has 2 amide bonds. The molecule has 1 heterocycles. The second-order valence-electron chi connectivity index (χ2n) is 13.6. The average Bonchev–Trinajstić information content (AvgIpc) is 3.18. The van der Waals surface area contributed by atoms with E-state index < -0.39 is 59.3 Å². The number of hydrogen-bond acceptors (Lipinski definition) is 9. The number of aliphatic hydroxyl groups is 1. The van der Waals surface area contributed by atoms with Crippen molar-refractivity contribution in [2.45, 2.75) is 70.4 Å². The minimum Gasteiger partial charge on any atom is -0.493 e. The lowest BCUT2D eigenvalue weighted by molar-refractivity contribution is -0.265. The number of methoxy groups -OCH3 is 1. The van der Waals surface area contributed by atoms with Crippen LogP contribution in [-0.2, 0) is 31.9 Å². The largest absolute Gasteiger partial charge is 0.493 e. The lowest BCUT2D eigenvalue weighted by atomic mass is 9.80. The molecule has 0 aliphatic carbocycles. The molecule has 0 saturated carbocycles. The molecule has 0 spiro atoms. The molecule has 2 atom stereocenters. The first kappa shape index (κ1) is 43.0. The van der Waals surface area contributed by atoms with Crippen LogP contribution in [0.15, 0.2) is 84.9 Å². The van der Waals surface area contributed by atoms with Crippen molar-refractivity contribution in [3.63, 3.8) is 0 Å². The highest BCUT2D eigenvalue weighted by Crippen LogP contribution is 2.41. The second kappa shape index (κ2) is 18.8. The molecule has 1 unspecified atom stereocenters. The van der Waals surface area contributed by atoms with Gasteiger partial charge in [-0.2, -0.15) is 13.2 Å². The Kier molecular flexibility index (Phi) is 14.4. The van der Waals surface area contributed by atoms with Crippen LogP contribution in [0.3, 0.4) is 0 Å². The van der Waals surface area contributed by atoms with Gasteiger partial charge in [0, 0.05) is 24.1 Å². The Morgan fingerprint density at radius 1 is 0.911 bits per heavy atom. The number of carbonyl (C=O) groups excluding carboxylic acids is 3. The maximum absolute atomic E-state index is 14.9. The quantitative estimate of drug-likeness (QED) is 0.0738. The summed E-state index contributed by atoms with van der Waals surface area (Å²) in [7, 11) is 1.30. The van der Waals surface area contributed by atoms with Crippen molar-refractivity contribution in [1.29, 1.82) is 0 Å². The van der Waals surface area contributed by atoms with Gasteiger partial charge in [-0.1, -0.05) is 51.1 Å². The van der Waals surface area contributed by atoms with Gasteiger partial charge in [-0.05, 0) is 84.5 Å². The number of nitrogens with one attached hydrogen (secondary N) is 2. The third-order valence-corrected chi connectivity index (χ3v) is 8.90. The average molecular weight is 784 g/mol. The number of hydrogen-bond donors (Lipinski definition) is 3. The first-order valence-corrected chi connectivity index (χ1v) is 17.8. The van der Waals surface area contributed by atoms with Gasteiger partial charge in [-0.25, -0.2) is 14.2 Å². The van der Waals surface area contributed by atoms with Gasteiger partial charge in [0.25, 0.3) is 5.91 Å². The molecule has 56 heavy (non-hydrogen) atoms. The molecular weight excluding hydrogens is 738 g/mol. The van der Waals surface area contributed by atoms with Crippen LogP contribution in [0.1, 0.15) is 67.7 Å². The molecule has 4 rings (SSSR count). The molecule has 15 heteroatoms. The van der Waals surface area contributed by atoms with Crippen molar-refractivity contribution in [2.24, 2.45) is 0 Å². The predicted molar refractivity (Wildman–Crippen MR) is 199 cm³/mol. The van der Waals surface area contributed by atoms with E-state index in [0.717, 1.165) is 23.8 Å². The zero-order valence-corrected chi connectivity index (χ0v) is 31.7. The number of pyridine rings is 1. The van der Waals surface area contributed by atoms with Crippen molar-refractivity contribution in [1.82, 2.24) is 15.6 Å². The van der Waals surface area contributed by atoms with E-state index in [1.807, 2.05) is 18.2 Å². The SMILES string of the molecule is CCC(=O)O[C@H](C)COc1ccc(C(=O)NCC(O)(c2cc(C(C)(C)CCNC(=O)OCc3ccccc3)cc(-c3ccc(F)cc3)n2)C(F)(F)F)cc1OC. The molecule has 0 radical (unpaired) electrons. The van der Waals surface area contributed by atoms with Crippen LogP contribution < -0.4 is 20.1 Å². The fourth-order valence-corrected chi connectivity index (χ4v) is 5.42. The molecule has 4 aromatic rings. The van der Waals surface area contributed by atoms with E-state index in [4.69, 9.17) is 18.9 Å². The van der Waals surface area contributed by atoms with Gasteiger partial charge in [0.05, 0.1) is 25.0 Å². The Balaban J connectivity index is 1.57. The van der Waals surface area contributed by atoms with Crippen LogP contribution in [0.5, 0.6) is 11.5 Å². The monoisotopic (exact) mass is 783 g/mol. The van der Waals surface area contributed by atoms with Crippen molar-refractivity contribution in [3.8, 4) is 22.8 Å². The van der Waals surface area contributed by atoms with Crippen LogP contribution in [0.25, 0.3) is 11.3 Å². The van der Waals surface area contributed by atoms with Gasteiger partial charge in [0.2, 0.25) is 5.60 Å². The Labute approximate surface area is 322 Å². The minimum absolute atomic E-state index is 0.00825. The van der Waals surface area contributed by atoms with Crippen molar-refractivity contribution < 1.29 is 56.0 Å². The number of halogens is 4. The number of aromatic nitrogens is 1. The number of alkyl carbamates (subject to hydrolysis) is 1. The van der Waals surface area contributed by atoms with E-state index in [-0.39, 0.29) is 60.9 Å². The number of nitrogens with zero attached hydrogens (tertiary/aromatic N) is 1. The van der Waals surface area contributed by atoms with Gasteiger partial charge in [0.15, 0.2) is 11.5 Å². The lowest BCUT2D eigenvalue weighted by Crippen LogP contribution is -2.51. The molecule has 0 fully saturated rings. The van der Waals surface area contributed by atoms with Gasteiger partial charge in [0.1, 0.15) is 25.1 Å².